The summed E-state index contributed by atoms with van der Waals surface area (Å²) < 4.78 is 0.988. The van der Waals surface area contributed by atoms with Crippen LogP contribution in [0.4, 0.5) is 16.5 Å². The average Bonchev–Trinajstić information content (AvgIpc) is 3.06. The first-order chi connectivity index (χ1) is 12.7. The van der Waals surface area contributed by atoms with Crippen LogP contribution in [0.5, 0.6) is 0 Å². The minimum Gasteiger partial charge on any atom is -0.332 e. The third-order valence-corrected chi connectivity index (χ3v) is 4.83. The Labute approximate surface area is 156 Å². The molecule has 0 bridgehead atoms. The van der Waals surface area contributed by atoms with Crippen LogP contribution >= 0.6 is 11.3 Å². The van der Waals surface area contributed by atoms with Gasteiger partial charge in [-0.05, 0) is 24.3 Å². The maximum Gasteiger partial charge on any atom is 0.255 e. The Morgan fingerprint density at radius 1 is 0.923 bits per heavy atom. The van der Waals surface area contributed by atoms with Crippen LogP contribution in [-0.2, 0) is 0 Å². The van der Waals surface area contributed by atoms with E-state index in [1.54, 1.807) is 24.3 Å². The molecule has 1 heterocycles. The number of carbonyl (C=O) groups is 1. The van der Waals surface area contributed by atoms with Crippen molar-refractivity contribution in [3.63, 3.8) is 0 Å². The Morgan fingerprint density at radius 3 is 2.50 bits per heavy atom. The number of rotatable bonds is 4. The van der Waals surface area contributed by atoms with Crippen molar-refractivity contribution in [2.45, 2.75) is 0 Å². The lowest BCUT2D eigenvalue weighted by Gasteiger charge is -2.08. The van der Waals surface area contributed by atoms with Gasteiger partial charge in [-0.1, -0.05) is 65.3 Å². The van der Waals surface area contributed by atoms with E-state index >= 15 is 0 Å². The Hall–Kier alpha value is -3.12. The van der Waals surface area contributed by atoms with Crippen LogP contribution in [0.15, 0.2) is 72.8 Å². The highest BCUT2D eigenvalue weighted by Gasteiger charge is 2.13. The molecule has 6 heteroatoms. The molecule has 3 aromatic carbocycles. The zero-order valence-corrected chi connectivity index (χ0v) is 14.6. The number of thiazole rings is 1. The second-order valence-corrected chi connectivity index (χ2v) is 6.73. The van der Waals surface area contributed by atoms with Crippen molar-refractivity contribution in [3.8, 4) is 0 Å². The molecule has 26 heavy (non-hydrogen) atoms. The van der Waals surface area contributed by atoms with Gasteiger partial charge in [-0.15, -0.1) is 0 Å². The van der Waals surface area contributed by atoms with E-state index in [0.717, 1.165) is 21.0 Å². The molecular formula is C20H14BN3OS. The summed E-state index contributed by atoms with van der Waals surface area (Å²) in [5.41, 5.74) is 3.27. The fraction of sp³-hybridized carbons (Fsp3) is 0. The highest BCUT2D eigenvalue weighted by molar-refractivity contribution is 7.22. The number of anilines is 3. The number of hydrogen-bond donors (Lipinski definition) is 2. The van der Waals surface area contributed by atoms with Crippen LogP contribution in [0.1, 0.15) is 10.4 Å². The standard InChI is InChI=1S/C20H14BN3OS/c21-15-10-5-4-9-14(15)19(25)23-16-11-6-12-17-18(16)24-20(26-17)22-13-7-2-1-3-8-13/h1-12H,(H,22,24)(H,23,25). The van der Waals surface area contributed by atoms with E-state index in [1.165, 1.54) is 11.3 Å². The SMILES string of the molecule is [B]c1ccccc1C(=O)Nc1cccc2sc(Nc3ccccc3)nc12. The van der Waals surface area contributed by atoms with Gasteiger partial charge in [-0.3, -0.25) is 4.79 Å². The molecule has 4 aromatic rings. The smallest absolute Gasteiger partial charge is 0.255 e. The minimum atomic E-state index is -0.249. The number of para-hydroxylation sites is 2. The summed E-state index contributed by atoms with van der Waals surface area (Å²) in [4.78, 5) is 17.2. The van der Waals surface area contributed by atoms with E-state index in [0.29, 0.717) is 16.7 Å². The van der Waals surface area contributed by atoms with Crippen molar-refractivity contribution in [1.29, 1.82) is 0 Å². The van der Waals surface area contributed by atoms with Gasteiger partial charge in [0.1, 0.15) is 13.4 Å². The fourth-order valence-corrected chi connectivity index (χ4v) is 3.55. The third-order valence-electron chi connectivity index (χ3n) is 3.90. The molecule has 1 amide bonds. The lowest BCUT2D eigenvalue weighted by Crippen LogP contribution is -2.21. The fourth-order valence-electron chi connectivity index (χ4n) is 2.64. The van der Waals surface area contributed by atoms with Crippen molar-refractivity contribution in [2.24, 2.45) is 0 Å². The van der Waals surface area contributed by atoms with Crippen LogP contribution in [0.25, 0.3) is 10.2 Å². The highest BCUT2D eigenvalue weighted by atomic mass is 32.1. The predicted molar refractivity (Wildman–Crippen MR) is 109 cm³/mol. The molecule has 0 fully saturated rings. The first kappa shape index (κ1) is 16.4. The normalized spacial score (nSPS) is 10.6. The number of nitrogens with one attached hydrogen (secondary N) is 2. The summed E-state index contributed by atoms with van der Waals surface area (Å²) in [6.45, 7) is 0. The summed E-state index contributed by atoms with van der Waals surface area (Å²) in [6.07, 6.45) is 0. The molecule has 1 aromatic heterocycles. The van der Waals surface area contributed by atoms with Crippen molar-refractivity contribution >= 4 is 57.3 Å². The molecule has 124 valence electrons. The maximum atomic E-state index is 12.5. The van der Waals surface area contributed by atoms with E-state index < -0.39 is 0 Å². The van der Waals surface area contributed by atoms with E-state index in [2.05, 4.69) is 15.6 Å². The summed E-state index contributed by atoms with van der Waals surface area (Å²) in [7, 11) is 5.89. The number of carbonyl (C=O) groups excluding carboxylic acids is 1. The molecule has 0 unspecified atom stereocenters. The van der Waals surface area contributed by atoms with E-state index in [1.807, 2.05) is 48.5 Å². The van der Waals surface area contributed by atoms with Gasteiger partial charge in [0, 0.05) is 11.3 Å². The molecule has 0 saturated heterocycles. The second kappa shape index (κ2) is 7.02. The Morgan fingerprint density at radius 2 is 1.69 bits per heavy atom. The molecule has 2 N–H and O–H groups in total. The molecule has 2 radical (unpaired) electrons. The number of amides is 1. The first-order valence-corrected chi connectivity index (χ1v) is 8.90. The number of hydrogen-bond acceptors (Lipinski definition) is 4. The van der Waals surface area contributed by atoms with Gasteiger partial charge >= 0.3 is 0 Å². The highest BCUT2D eigenvalue weighted by Crippen LogP contribution is 2.32. The number of benzene rings is 3. The summed E-state index contributed by atoms with van der Waals surface area (Å²) >= 11 is 1.53. The van der Waals surface area contributed by atoms with Crippen molar-refractivity contribution < 1.29 is 4.79 Å². The molecule has 0 atom stereocenters. The lowest BCUT2D eigenvalue weighted by molar-refractivity contribution is 0.102. The van der Waals surface area contributed by atoms with Crippen LogP contribution in [-0.4, -0.2) is 18.7 Å². The van der Waals surface area contributed by atoms with Crippen molar-refractivity contribution in [2.75, 3.05) is 10.6 Å². The largest absolute Gasteiger partial charge is 0.332 e. The zero-order valence-electron chi connectivity index (χ0n) is 13.8. The van der Waals surface area contributed by atoms with E-state index in [-0.39, 0.29) is 5.91 Å². The number of aromatic nitrogens is 1. The second-order valence-electron chi connectivity index (χ2n) is 5.70. The molecule has 0 aliphatic rings. The minimum absolute atomic E-state index is 0.249. The quantitative estimate of drug-likeness (QED) is 0.542. The van der Waals surface area contributed by atoms with Crippen LogP contribution in [0.2, 0.25) is 0 Å². The van der Waals surface area contributed by atoms with Gasteiger partial charge in [0.05, 0.1) is 10.4 Å². The first-order valence-electron chi connectivity index (χ1n) is 8.08. The van der Waals surface area contributed by atoms with Gasteiger partial charge in [0.25, 0.3) is 5.91 Å². The van der Waals surface area contributed by atoms with Crippen molar-refractivity contribution in [3.05, 3.63) is 78.4 Å². The summed E-state index contributed by atoms with van der Waals surface area (Å²) in [5, 5.41) is 6.98. The molecule has 0 spiro atoms. The molecule has 4 rings (SSSR count). The molecule has 0 aliphatic carbocycles. The Balaban J connectivity index is 1.63. The molecule has 4 nitrogen and oxygen atoms in total. The maximum absolute atomic E-state index is 12.5. The number of nitrogens with zero attached hydrogens (tertiary/aromatic N) is 1. The topological polar surface area (TPSA) is 54.0 Å². The Bertz CT molecular complexity index is 1080. The Kier molecular flexibility index (Phi) is 4.41. The van der Waals surface area contributed by atoms with E-state index in [4.69, 9.17) is 7.85 Å². The summed E-state index contributed by atoms with van der Waals surface area (Å²) in [6, 6.07) is 22.6. The monoisotopic (exact) mass is 355 g/mol. The summed E-state index contributed by atoms with van der Waals surface area (Å²) in [5.74, 6) is -0.249. The molecule has 0 saturated carbocycles. The average molecular weight is 355 g/mol. The van der Waals surface area contributed by atoms with Gasteiger partial charge in [-0.2, -0.15) is 0 Å². The molecular weight excluding hydrogens is 341 g/mol. The molecule has 0 aliphatic heterocycles. The van der Waals surface area contributed by atoms with Gasteiger partial charge in [0.2, 0.25) is 0 Å². The third kappa shape index (κ3) is 3.32. The van der Waals surface area contributed by atoms with E-state index in [9.17, 15) is 4.79 Å². The predicted octanol–water partition coefficient (Wildman–Crippen LogP) is 4.09. The van der Waals surface area contributed by atoms with Gasteiger partial charge in [-0.25, -0.2) is 4.98 Å². The van der Waals surface area contributed by atoms with Gasteiger partial charge in [0.15, 0.2) is 5.13 Å². The number of fused-ring (bicyclic) bond motifs is 1. The lowest BCUT2D eigenvalue weighted by atomic mass is 9.90. The van der Waals surface area contributed by atoms with Gasteiger partial charge < -0.3 is 10.6 Å². The van der Waals surface area contributed by atoms with Crippen molar-refractivity contribution in [1.82, 2.24) is 4.98 Å². The van der Waals surface area contributed by atoms with Crippen LogP contribution < -0.4 is 16.1 Å². The zero-order chi connectivity index (χ0) is 17.9. The van der Waals surface area contributed by atoms with Crippen LogP contribution in [0.3, 0.4) is 0 Å². The van der Waals surface area contributed by atoms with Crippen LogP contribution in [0, 0.1) is 0 Å².